The lowest BCUT2D eigenvalue weighted by Gasteiger charge is -2.58. The molecule has 1 fully saturated rings. The lowest BCUT2D eigenvalue weighted by molar-refractivity contribution is -0.310. The lowest BCUT2D eigenvalue weighted by Crippen LogP contribution is -2.81. The summed E-state index contributed by atoms with van der Waals surface area (Å²) in [6.07, 6.45) is 2.72. The van der Waals surface area contributed by atoms with Gasteiger partial charge in [0.1, 0.15) is 17.4 Å². The first-order valence-corrected chi connectivity index (χ1v) is 9.58. The van der Waals surface area contributed by atoms with Crippen LogP contribution in [0.15, 0.2) is 30.3 Å². The van der Waals surface area contributed by atoms with Crippen LogP contribution in [-0.2, 0) is 16.1 Å². The van der Waals surface area contributed by atoms with Gasteiger partial charge in [-0.25, -0.2) is 0 Å². The van der Waals surface area contributed by atoms with Gasteiger partial charge in [0.15, 0.2) is 5.78 Å². The van der Waals surface area contributed by atoms with Gasteiger partial charge in [0.25, 0.3) is 0 Å². The van der Waals surface area contributed by atoms with Crippen LogP contribution >= 0.6 is 0 Å². The number of rotatable bonds is 9. The molecule has 3 N–H and O–H groups in total. The molecule has 26 heavy (non-hydrogen) atoms. The minimum atomic E-state index is -0.611. The van der Waals surface area contributed by atoms with Gasteiger partial charge in [-0.05, 0) is 46.0 Å². The monoisotopic (exact) mass is 362 g/mol. The van der Waals surface area contributed by atoms with Crippen LogP contribution in [0.2, 0.25) is 0 Å². The molecule has 1 heterocycles. The van der Waals surface area contributed by atoms with Crippen LogP contribution in [0.3, 0.4) is 0 Å². The third kappa shape index (κ3) is 3.70. The van der Waals surface area contributed by atoms with Crippen LogP contribution in [0.5, 0.6) is 0 Å². The van der Waals surface area contributed by atoms with Gasteiger partial charge in [0, 0.05) is 6.42 Å². The molecule has 0 aliphatic carbocycles. The van der Waals surface area contributed by atoms with E-state index in [4.69, 9.17) is 4.84 Å². The number of nitrogens with one attached hydrogen (secondary N) is 3. The van der Waals surface area contributed by atoms with Crippen molar-refractivity contribution < 1.29 is 9.63 Å². The van der Waals surface area contributed by atoms with Crippen LogP contribution in [0.25, 0.3) is 0 Å². The van der Waals surface area contributed by atoms with Gasteiger partial charge in [-0.1, -0.05) is 44.2 Å². The minimum Gasteiger partial charge on any atom is -0.308 e. The second-order valence-corrected chi connectivity index (χ2v) is 6.89. The normalized spacial score (nSPS) is 29.9. The SMILES string of the molecule is CCC1(NC)CC(=O)C(NC)C(CC)(NC)N1OCCc1ccccc1. The molecule has 0 bridgehead atoms. The standard InChI is InChI=1S/C20H34N4O2/c1-6-19(22-4)15-17(25)18(21-3)20(7-2,23-5)24(19)26-14-13-16-11-9-8-10-12-16/h8-12,18,21-23H,6-7,13-15H2,1-5H3. The molecule has 146 valence electrons. The Hall–Kier alpha value is -1.31. The van der Waals surface area contributed by atoms with Crippen LogP contribution in [-0.4, -0.2) is 56.0 Å². The molecule has 0 amide bonds. The van der Waals surface area contributed by atoms with Crippen LogP contribution < -0.4 is 16.0 Å². The largest absolute Gasteiger partial charge is 0.308 e. The first-order chi connectivity index (χ1) is 12.5. The fraction of sp³-hybridized carbons (Fsp3) is 0.650. The van der Waals surface area contributed by atoms with Crippen molar-refractivity contribution in [3.8, 4) is 0 Å². The quantitative estimate of drug-likeness (QED) is 0.621. The zero-order chi connectivity index (χ0) is 19.2. The van der Waals surface area contributed by atoms with Crippen LogP contribution in [0.1, 0.15) is 38.7 Å². The molecule has 6 heteroatoms. The van der Waals surface area contributed by atoms with Gasteiger partial charge in [-0.15, -0.1) is 5.06 Å². The summed E-state index contributed by atoms with van der Waals surface area (Å²) in [5, 5.41) is 12.0. The van der Waals surface area contributed by atoms with E-state index in [-0.39, 0.29) is 11.8 Å². The first kappa shape index (κ1) is 21.0. The van der Waals surface area contributed by atoms with Crippen molar-refractivity contribution in [2.75, 3.05) is 27.7 Å². The maximum Gasteiger partial charge on any atom is 0.156 e. The highest BCUT2D eigenvalue weighted by molar-refractivity contribution is 5.87. The Kier molecular flexibility index (Phi) is 7.32. The summed E-state index contributed by atoms with van der Waals surface area (Å²) in [6, 6.07) is 9.98. The van der Waals surface area contributed by atoms with Gasteiger partial charge in [-0.3, -0.25) is 14.9 Å². The average Bonchev–Trinajstić information content (AvgIpc) is 2.69. The van der Waals surface area contributed by atoms with Crippen molar-refractivity contribution in [1.82, 2.24) is 21.0 Å². The van der Waals surface area contributed by atoms with Crippen molar-refractivity contribution in [3.05, 3.63) is 35.9 Å². The average molecular weight is 363 g/mol. The zero-order valence-electron chi connectivity index (χ0n) is 16.8. The summed E-state index contributed by atoms with van der Waals surface area (Å²) in [6.45, 7) is 4.73. The van der Waals surface area contributed by atoms with Crippen molar-refractivity contribution in [1.29, 1.82) is 0 Å². The predicted octanol–water partition coefficient (Wildman–Crippen LogP) is 1.67. The summed E-state index contributed by atoms with van der Waals surface area (Å²) in [5.74, 6) is 0.197. The molecule has 1 aromatic carbocycles. The van der Waals surface area contributed by atoms with E-state index in [1.54, 1.807) is 0 Å². The Morgan fingerprint density at radius 2 is 1.81 bits per heavy atom. The number of carbonyl (C=O) groups is 1. The molecule has 0 aromatic heterocycles. The molecular formula is C20H34N4O2. The van der Waals surface area contributed by atoms with Gasteiger partial charge >= 0.3 is 0 Å². The van der Waals surface area contributed by atoms with Gasteiger partial charge in [0.05, 0.1) is 6.61 Å². The molecule has 1 saturated heterocycles. The van der Waals surface area contributed by atoms with Crippen molar-refractivity contribution in [3.63, 3.8) is 0 Å². The van der Waals surface area contributed by atoms with E-state index in [0.717, 1.165) is 19.3 Å². The fourth-order valence-electron chi connectivity index (χ4n) is 4.17. The van der Waals surface area contributed by atoms with Crippen molar-refractivity contribution in [2.24, 2.45) is 0 Å². The summed E-state index contributed by atoms with van der Waals surface area (Å²) in [7, 11) is 5.64. The smallest absolute Gasteiger partial charge is 0.156 e. The highest BCUT2D eigenvalue weighted by atomic mass is 16.7. The molecule has 1 aliphatic rings. The highest BCUT2D eigenvalue weighted by Crippen LogP contribution is 2.38. The summed E-state index contributed by atoms with van der Waals surface area (Å²) in [5.41, 5.74) is 0.101. The molecule has 3 atom stereocenters. The topological polar surface area (TPSA) is 65.6 Å². The Balaban J connectivity index is 2.31. The summed E-state index contributed by atoms with van der Waals surface area (Å²) >= 11 is 0. The third-order valence-electron chi connectivity index (χ3n) is 5.78. The van der Waals surface area contributed by atoms with Gasteiger partial charge < -0.3 is 10.6 Å². The van der Waals surface area contributed by atoms with Crippen molar-refractivity contribution in [2.45, 2.75) is 56.9 Å². The number of benzene rings is 1. The summed E-state index contributed by atoms with van der Waals surface area (Å²) in [4.78, 5) is 19.3. The Labute approximate surface area is 157 Å². The number of likely N-dealkylation sites (N-methyl/N-ethyl adjacent to an activating group) is 2. The fourth-order valence-corrected chi connectivity index (χ4v) is 4.17. The Morgan fingerprint density at radius 1 is 1.12 bits per heavy atom. The van der Waals surface area contributed by atoms with Crippen LogP contribution in [0, 0.1) is 0 Å². The van der Waals surface area contributed by atoms with E-state index < -0.39 is 11.3 Å². The number of ketones is 1. The number of Topliss-reactive ketones (excluding diaryl/α,β-unsaturated/α-hetero) is 1. The number of hydrogen-bond acceptors (Lipinski definition) is 6. The number of hydroxylamine groups is 2. The molecule has 0 saturated carbocycles. The molecular weight excluding hydrogens is 328 g/mol. The Bertz CT molecular complexity index is 570. The zero-order valence-corrected chi connectivity index (χ0v) is 16.8. The predicted molar refractivity (Wildman–Crippen MR) is 105 cm³/mol. The first-order valence-electron chi connectivity index (χ1n) is 9.58. The number of carbonyl (C=O) groups excluding carboxylic acids is 1. The van der Waals surface area contributed by atoms with E-state index in [1.807, 2.05) is 44.4 Å². The molecule has 1 aromatic rings. The number of nitrogens with zero attached hydrogens (tertiary/aromatic N) is 1. The summed E-state index contributed by atoms with van der Waals surface area (Å²) < 4.78 is 0. The lowest BCUT2D eigenvalue weighted by atomic mass is 9.80. The second kappa shape index (κ2) is 9.06. The van der Waals surface area contributed by atoms with Gasteiger partial charge in [-0.2, -0.15) is 0 Å². The number of piperidine rings is 1. The molecule has 1 aliphatic heterocycles. The van der Waals surface area contributed by atoms with Crippen LogP contribution in [0.4, 0.5) is 0 Å². The van der Waals surface area contributed by atoms with Gasteiger partial charge in [0.2, 0.25) is 0 Å². The number of hydrogen-bond donors (Lipinski definition) is 3. The molecule has 6 nitrogen and oxygen atoms in total. The molecule has 0 spiro atoms. The third-order valence-corrected chi connectivity index (χ3v) is 5.78. The maximum absolute atomic E-state index is 12.9. The molecule has 2 rings (SSSR count). The van der Waals surface area contributed by atoms with E-state index in [1.165, 1.54) is 5.56 Å². The second-order valence-electron chi connectivity index (χ2n) is 6.89. The van der Waals surface area contributed by atoms with E-state index in [0.29, 0.717) is 13.0 Å². The Morgan fingerprint density at radius 3 is 2.31 bits per heavy atom. The molecule has 3 unspecified atom stereocenters. The highest BCUT2D eigenvalue weighted by Gasteiger charge is 2.58. The minimum absolute atomic E-state index is 0.197. The van der Waals surface area contributed by atoms with E-state index >= 15 is 0 Å². The van der Waals surface area contributed by atoms with E-state index in [2.05, 4.69) is 41.9 Å². The molecule has 0 radical (unpaired) electrons. The van der Waals surface area contributed by atoms with Crippen molar-refractivity contribution >= 4 is 5.78 Å². The van der Waals surface area contributed by atoms with E-state index in [9.17, 15) is 4.79 Å². The maximum atomic E-state index is 12.9.